The third kappa shape index (κ3) is 4.97. The minimum atomic E-state index is -0.205. The van der Waals surface area contributed by atoms with Crippen LogP contribution >= 0.6 is 11.3 Å². The van der Waals surface area contributed by atoms with E-state index >= 15 is 0 Å². The van der Waals surface area contributed by atoms with E-state index in [0.29, 0.717) is 36.1 Å². The molecule has 1 N–H and O–H groups in total. The first kappa shape index (κ1) is 16.7. The Hall–Kier alpha value is -1.35. The Morgan fingerprint density at radius 1 is 1.55 bits per heavy atom. The van der Waals surface area contributed by atoms with Crippen LogP contribution in [0.4, 0.5) is 0 Å². The summed E-state index contributed by atoms with van der Waals surface area (Å²) in [6.07, 6.45) is 0. The van der Waals surface area contributed by atoms with Crippen LogP contribution in [0.25, 0.3) is 0 Å². The summed E-state index contributed by atoms with van der Waals surface area (Å²) in [5, 5.41) is 10.6. The molecule has 0 aliphatic carbocycles. The first-order valence-corrected chi connectivity index (χ1v) is 7.43. The monoisotopic (exact) mass is 295 g/mol. The van der Waals surface area contributed by atoms with Gasteiger partial charge >= 0.3 is 0 Å². The number of carbonyl (C=O) groups excluding carboxylic acids is 1. The summed E-state index contributed by atoms with van der Waals surface area (Å²) in [5.74, 6) is 5.78. The van der Waals surface area contributed by atoms with Gasteiger partial charge < -0.3 is 14.7 Å². The molecule has 1 rings (SSSR count). The van der Waals surface area contributed by atoms with Crippen LogP contribution in [-0.2, 0) is 4.74 Å². The summed E-state index contributed by atoms with van der Waals surface area (Å²) in [4.78, 5) is 15.0. The van der Waals surface area contributed by atoms with Crippen molar-refractivity contribution in [2.45, 2.75) is 13.8 Å². The van der Waals surface area contributed by atoms with Gasteiger partial charge in [-0.1, -0.05) is 25.7 Å². The summed E-state index contributed by atoms with van der Waals surface area (Å²) >= 11 is 1.38. The van der Waals surface area contributed by atoms with E-state index in [1.165, 1.54) is 11.3 Å². The largest absolute Gasteiger partial charge is 0.384 e. The number of carbonyl (C=O) groups is 1. The summed E-state index contributed by atoms with van der Waals surface area (Å²) in [5.41, 5.74) is 0.681. The molecule has 0 bridgehead atoms. The van der Waals surface area contributed by atoms with Crippen molar-refractivity contribution in [3.63, 3.8) is 0 Å². The Labute approximate surface area is 124 Å². The van der Waals surface area contributed by atoms with Crippen LogP contribution in [0.15, 0.2) is 11.4 Å². The maximum absolute atomic E-state index is 12.6. The first-order valence-electron chi connectivity index (χ1n) is 6.55. The average molecular weight is 295 g/mol. The number of hydrogen-bond acceptors (Lipinski definition) is 4. The van der Waals surface area contributed by atoms with Crippen LogP contribution in [0.1, 0.15) is 29.1 Å². The van der Waals surface area contributed by atoms with Crippen molar-refractivity contribution in [3.8, 4) is 11.8 Å². The van der Waals surface area contributed by atoms with Crippen LogP contribution in [0, 0.1) is 17.8 Å². The molecule has 0 aromatic carbocycles. The molecule has 20 heavy (non-hydrogen) atoms. The highest BCUT2D eigenvalue weighted by atomic mass is 32.1. The van der Waals surface area contributed by atoms with Gasteiger partial charge in [-0.3, -0.25) is 4.79 Å². The molecule has 0 unspecified atom stereocenters. The molecule has 0 saturated heterocycles. The molecule has 1 heterocycles. The smallest absolute Gasteiger partial charge is 0.265 e. The van der Waals surface area contributed by atoms with Gasteiger partial charge in [-0.2, -0.15) is 0 Å². The van der Waals surface area contributed by atoms with Crippen LogP contribution in [0.5, 0.6) is 0 Å². The molecular weight excluding hydrogens is 274 g/mol. The zero-order valence-corrected chi connectivity index (χ0v) is 13.0. The standard InChI is InChI=1S/C15H21NO3S/c1-12(2)11-16(7-9-19-3)15(18)14-13(5-4-8-17)6-10-20-14/h6,10,12,17H,7-9,11H2,1-3H3. The Balaban J connectivity index is 2.90. The molecule has 1 aromatic heterocycles. The Bertz CT molecular complexity index is 485. The number of amides is 1. The summed E-state index contributed by atoms with van der Waals surface area (Å²) in [7, 11) is 1.63. The van der Waals surface area contributed by atoms with Crippen molar-refractivity contribution in [2.24, 2.45) is 5.92 Å². The molecule has 0 aliphatic heterocycles. The SMILES string of the molecule is COCCN(CC(C)C)C(=O)c1sccc1C#CCO. The Kier molecular flexibility index (Phi) is 7.31. The van der Waals surface area contributed by atoms with E-state index in [9.17, 15) is 4.79 Å². The van der Waals surface area contributed by atoms with Crippen molar-refractivity contribution in [2.75, 3.05) is 33.4 Å². The predicted molar refractivity (Wildman–Crippen MR) is 80.9 cm³/mol. The van der Waals surface area contributed by atoms with Gasteiger partial charge in [-0.15, -0.1) is 11.3 Å². The molecule has 1 aromatic rings. The molecule has 110 valence electrons. The number of thiophene rings is 1. The summed E-state index contributed by atoms with van der Waals surface area (Å²) in [6.45, 7) is 5.72. The number of rotatable bonds is 6. The van der Waals surface area contributed by atoms with Gasteiger partial charge in [0.1, 0.15) is 11.5 Å². The van der Waals surface area contributed by atoms with Crippen molar-refractivity contribution < 1.29 is 14.6 Å². The Morgan fingerprint density at radius 2 is 2.30 bits per heavy atom. The van der Waals surface area contributed by atoms with E-state index in [2.05, 4.69) is 25.7 Å². The molecule has 0 fully saturated rings. The molecule has 4 nitrogen and oxygen atoms in total. The lowest BCUT2D eigenvalue weighted by Crippen LogP contribution is -2.36. The average Bonchev–Trinajstić information content (AvgIpc) is 2.88. The third-order valence-electron chi connectivity index (χ3n) is 2.60. The van der Waals surface area contributed by atoms with Gasteiger partial charge in [-0.05, 0) is 17.4 Å². The maximum Gasteiger partial charge on any atom is 0.265 e. The minimum Gasteiger partial charge on any atom is -0.384 e. The van der Waals surface area contributed by atoms with E-state index in [-0.39, 0.29) is 12.5 Å². The van der Waals surface area contributed by atoms with Crippen molar-refractivity contribution in [1.82, 2.24) is 4.90 Å². The van der Waals surface area contributed by atoms with Gasteiger partial charge in [0, 0.05) is 25.8 Å². The maximum atomic E-state index is 12.6. The van der Waals surface area contributed by atoms with E-state index in [1.54, 1.807) is 12.0 Å². The third-order valence-corrected chi connectivity index (χ3v) is 3.50. The van der Waals surface area contributed by atoms with E-state index in [0.717, 1.165) is 0 Å². The molecule has 0 radical (unpaired) electrons. The van der Waals surface area contributed by atoms with E-state index < -0.39 is 0 Å². The summed E-state index contributed by atoms with van der Waals surface area (Å²) in [6, 6.07) is 1.81. The lowest BCUT2D eigenvalue weighted by Gasteiger charge is -2.24. The fourth-order valence-corrected chi connectivity index (χ4v) is 2.59. The molecular formula is C15H21NO3S. The molecule has 0 saturated carbocycles. The predicted octanol–water partition coefficient (Wildman–Crippen LogP) is 1.84. The van der Waals surface area contributed by atoms with Crippen molar-refractivity contribution in [3.05, 3.63) is 21.9 Å². The number of ether oxygens (including phenoxy) is 1. The zero-order chi connectivity index (χ0) is 15.0. The van der Waals surface area contributed by atoms with Gasteiger partial charge in [0.15, 0.2) is 0 Å². The van der Waals surface area contributed by atoms with Crippen molar-refractivity contribution >= 4 is 17.2 Å². The summed E-state index contributed by atoms with van der Waals surface area (Å²) < 4.78 is 5.07. The van der Waals surface area contributed by atoms with Crippen LogP contribution in [0.3, 0.4) is 0 Å². The minimum absolute atomic E-state index is 0.0204. The van der Waals surface area contributed by atoms with Gasteiger partial charge in [0.25, 0.3) is 5.91 Å². The lowest BCUT2D eigenvalue weighted by molar-refractivity contribution is 0.0677. The highest BCUT2D eigenvalue weighted by molar-refractivity contribution is 7.12. The van der Waals surface area contributed by atoms with Crippen molar-refractivity contribution in [1.29, 1.82) is 0 Å². The first-order chi connectivity index (χ1) is 9.60. The molecule has 1 amide bonds. The highest BCUT2D eigenvalue weighted by Gasteiger charge is 2.20. The van der Waals surface area contributed by atoms with E-state index in [4.69, 9.17) is 9.84 Å². The quantitative estimate of drug-likeness (QED) is 0.815. The number of hydrogen-bond donors (Lipinski definition) is 1. The van der Waals surface area contributed by atoms with Gasteiger partial charge in [0.05, 0.1) is 6.61 Å². The zero-order valence-electron chi connectivity index (χ0n) is 12.2. The van der Waals surface area contributed by atoms with Gasteiger partial charge in [0.2, 0.25) is 0 Å². The number of aliphatic hydroxyl groups is 1. The topological polar surface area (TPSA) is 49.8 Å². The van der Waals surface area contributed by atoms with Gasteiger partial charge in [-0.25, -0.2) is 0 Å². The molecule has 0 spiro atoms. The lowest BCUT2D eigenvalue weighted by atomic mass is 10.2. The second-order valence-electron chi connectivity index (χ2n) is 4.76. The van der Waals surface area contributed by atoms with E-state index in [1.807, 2.05) is 11.4 Å². The van der Waals surface area contributed by atoms with Crippen LogP contribution < -0.4 is 0 Å². The Morgan fingerprint density at radius 3 is 2.90 bits per heavy atom. The fraction of sp³-hybridized carbons (Fsp3) is 0.533. The van der Waals surface area contributed by atoms with Crippen LogP contribution in [-0.4, -0.2) is 49.3 Å². The normalized spacial score (nSPS) is 10.2. The second-order valence-corrected chi connectivity index (χ2v) is 5.68. The second kappa shape index (κ2) is 8.75. The number of aliphatic hydroxyl groups excluding tert-OH is 1. The fourth-order valence-electron chi connectivity index (χ4n) is 1.77. The molecule has 0 aliphatic rings. The number of methoxy groups -OCH3 is 1. The molecule has 5 heteroatoms. The highest BCUT2D eigenvalue weighted by Crippen LogP contribution is 2.19. The van der Waals surface area contributed by atoms with Crippen LogP contribution in [0.2, 0.25) is 0 Å². The molecule has 0 atom stereocenters. The number of nitrogens with zero attached hydrogens (tertiary/aromatic N) is 1.